The van der Waals surface area contributed by atoms with Gasteiger partial charge in [-0.05, 0) is 53.1 Å². The van der Waals surface area contributed by atoms with Gasteiger partial charge in [0, 0.05) is 6.08 Å². The average molecular weight is 310 g/mol. The SMILES string of the molecule is O=C(O)/C=C/c1cc(-c2cccc(F)c2)cc(C(F)(F)F)c1. The zero-order valence-corrected chi connectivity index (χ0v) is 11.1. The third kappa shape index (κ3) is 3.94. The van der Waals surface area contributed by atoms with Gasteiger partial charge < -0.3 is 5.11 Å². The molecule has 0 unspecified atom stereocenters. The maximum atomic E-state index is 13.2. The van der Waals surface area contributed by atoms with Crippen LogP contribution in [0.25, 0.3) is 17.2 Å². The zero-order chi connectivity index (χ0) is 16.3. The summed E-state index contributed by atoms with van der Waals surface area (Å²) in [5, 5.41) is 8.57. The van der Waals surface area contributed by atoms with E-state index in [0.717, 1.165) is 30.4 Å². The lowest BCUT2D eigenvalue weighted by molar-refractivity contribution is -0.137. The minimum atomic E-state index is -4.59. The number of rotatable bonds is 3. The minimum absolute atomic E-state index is 0.0662. The van der Waals surface area contributed by atoms with Gasteiger partial charge in [-0.1, -0.05) is 12.1 Å². The van der Waals surface area contributed by atoms with Crippen LogP contribution in [0.4, 0.5) is 17.6 Å². The summed E-state index contributed by atoms with van der Waals surface area (Å²) in [7, 11) is 0. The van der Waals surface area contributed by atoms with Gasteiger partial charge in [0.05, 0.1) is 5.56 Å². The molecule has 0 saturated heterocycles. The fourth-order valence-corrected chi connectivity index (χ4v) is 1.91. The summed E-state index contributed by atoms with van der Waals surface area (Å²) < 4.78 is 52.0. The maximum Gasteiger partial charge on any atom is 0.416 e. The second-order valence-corrected chi connectivity index (χ2v) is 4.52. The first-order valence-electron chi connectivity index (χ1n) is 6.15. The molecule has 0 amide bonds. The second-order valence-electron chi connectivity index (χ2n) is 4.52. The van der Waals surface area contributed by atoms with Crippen molar-refractivity contribution in [1.29, 1.82) is 0 Å². The molecule has 2 aromatic rings. The molecule has 0 atom stereocenters. The molecule has 0 heterocycles. The predicted molar refractivity (Wildman–Crippen MR) is 73.5 cm³/mol. The zero-order valence-electron chi connectivity index (χ0n) is 11.1. The number of hydrogen-bond donors (Lipinski definition) is 1. The second kappa shape index (κ2) is 6.01. The number of carboxylic acids is 1. The van der Waals surface area contributed by atoms with Gasteiger partial charge in [0.25, 0.3) is 0 Å². The average Bonchev–Trinajstić information content (AvgIpc) is 2.44. The van der Waals surface area contributed by atoms with E-state index in [-0.39, 0.29) is 16.7 Å². The van der Waals surface area contributed by atoms with Crippen LogP contribution in [0.2, 0.25) is 0 Å². The number of carboxylic acid groups (broad SMARTS) is 1. The van der Waals surface area contributed by atoms with Crippen molar-refractivity contribution in [2.45, 2.75) is 6.18 Å². The van der Waals surface area contributed by atoms with Gasteiger partial charge in [-0.2, -0.15) is 13.2 Å². The Bertz CT molecular complexity index is 733. The molecular formula is C16H10F4O2. The van der Waals surface area contributed by atoms with Gasteiger partial charge in [0.1, 0.15) is 5.82 Å². The summed E-state index contributed by atoms with van der Waals surface area (Å²) in [5.41, 5.74) is -0.439. The maximum absolute atomic E-state index is 13.2. The highest BCUT2D eigenvalue weighted by Crippen LogP contribution is 2.34. The van der Waals surface area contributed by atoms with Crippen LogP contribution in [-0.4, -0.2) is 11.1 Å². The Hall–Kier alpha value is -2.63. The summed E-state index contributed by atoms with van der Waals surface area (Å²) >= 11 is 0. The fourth-order valence-electron chi connectivity index (χ4n) is 1.91. The van der Waals surface area contributed by atoms with Crippen LogP contribution in [-0.2, 0) is 11.0 Å². The van der Waals surface area contributed by atoms with Gasteiger partial charge in [-0.15, -0.1) is 0 Å². The Morgan fingerprint density at radius 2 is 1.77 bits per heavy atom. The molecule has 1 N–H and O–H groups in total. The van der Waals surface area contributed by atoms with Crippen LogP contribution in [0.15, 0.2) is 48.5 Å². The van der Waals surface area contributed by atoms with E-state index in [0.29, 0.717) is 0 Å². The van der Waals surface area contributed by atoms with Gasteiger partial charge in [-0.25, -0.2) is 9.18 Å². The molecule has 2 rings (SSSR count). The van der Waals surface area contributed by atoms with Crippen LogP contribution < -0.4 is 0 Å². The van der Waals surface area contributed by atoms with Crippen molar-refractivity contribution in [2.24, 2.45) is 0 Å². The van der Waals surface area contributed by atoms with Gasteiger partial charge >= 0.3 is 12.1 Å². The number of aliphatic carboxylic acids is 1. The van der Waals surface area contributed by atoms with E-state index in [1.54, 1.807) is 0 Å². The van der Waals surface area contributed by atoms with Crippen molar-refractivity contribution in [2.75, 3.05) is 0 Å². The highest BCUT2D eigenvalue weighted by Gasteiger charge is 2.31. The quantitative estimate of drug-likeness (QED) is 0.664. The summed E-state index contributed by atoms with van der Waals surface area (Å²) in [6.07, 6.45) is -2.79. The van der Waals surface area contributed by atoms with Crippen LogP contribution in [0.3, 0.4) is 0 Å². The molecule has 2 aromatic carbocycles. The van der Waals surface area contributed by atoms with E-state index in [9.17, 15) is 22.4 Å². The molecule has 22 heavy (non-hydrogen) atoms. The van der Waals surface area contributed by atoms with Crippen LogP contribution in [0.1, 0.15) is 11.1 Å². The number of hydrogen-bond acceptors (Lipinski definition) is 1. The smallest absolute Gasteiger partial charge is 0.416 e. The van der Waals surface area contributed by atoms with E-state index in [1.807, 2.05) is 0 Å². The predicted octanol–water partition coefficient (Wildman–Crippen LogP) is 4.61. The van der Waals surface area contributed by atoms with Crippen molar-refractivity contribution in [1.82, 2.24) is 0 Å². The molecule has 2 nitrogen and oxygen atoms in total. The first-order chi connectivity index (χ1) is 10.3. The normalized spacial score (nSPS) is 11.8. The first-order valence-corrected chi connectivity index (χ1v) is 6.15. The van der Waals surface area contributed by atoms with Crippen molar-refractivity contribution >= 4 is 12.0 Å². The Labute approximate surface area is 123 Å². The van der Waals surface area contributed by atoms with E-state index < -0.39 is 23.5 Å². The molecule has 0 radical (unpaired) electrons. The number of alkyl halides is 3. The lowest BCUT2D eigenvalue weighted by atomic mass is 9.99. The summed E-state index contributed by atoms with van der Waals surface area (Å²) in [5.74, 6) is -1.85. The molecule has 0 fully saturated rings. The van der Waals surface area contributed by atoms with E-state index >= 15 is 0 Å². The van der Waals surface area contributed by atoms with Crippen LogP contribution in [0, 0.1) is 5.82 Å². The lowest BCUT2D eigenvalue weighted by Crippen LogP contribution is -2.05. The highest BCUT2D eigenvalue weighted by molar-refractivity contribution is 5.85. The standard InChI is InChI=1S/C16H10F4O2/c17-14-3-1-2-11(9-14)12-6-10(4-5-15(21)22)7-13(8-12)16(18,19)20/h1-9H,(H,21,22)/b5-4+. The number of carbonyl (C=O) groups is 1. The number of benzene rings is 2. The number of halogens is 4. The van der Waals surface area contributed by atoms with Gasteiger partial charge in [0.15, 0.2) is 0 Å². The van der Waals surface area contributed by atoms with E-state index in [1.165, 1.54) is 24.3 Å². The summed E-state index contributed by atoms with van der Waals surface area (Å²) in [6.45, 7) is 0. The third-order valence-corrected chi connectivity index (χ3v) is 2.86. The third-order valence-electron chi connectivity index (χ3n) is 2.86. The molecule has 0 bridgehead atoms. The Morgan fingerprint density at radius 1 is 1.05 bits per heavy atom. The van der Waals surface area contributed by atoms with E-state index in [4.69, 9.17) is 5.11 Å². The van der Waals surface area contributed by atoms with Gasteiger partial charge in [-0.3, -0.25) is 0 Å². The monoisotopic (exact) mass is 310 g/mol. The van der Waals surface area contributed by atoms with Crippen molar-refractivity contribution in [3.63, 3.8) is 0 Å². The molecular weight excluding hydrogens is 300 g/mol. The van der Waals surface area contributed by atoms with Crippen LogP contribution in [0.5, 0.6) is 0 Å². The van der Waals surface area contributed by atoms with E-state index in [2.05, 4.69) is 0 Å². The topological polar surface area (TPSA) is 37.3 Å². The first kappa shape index (κ1) is 15.8. The molecule has 0 aliphatic carbocycles. The molecule has 0 spiro atoms. The fraction of sp³-hybridized carbons (Fsp3) is 0.0625. The van der Waals surface area contributed by atoms with Gasteiger partial charge in [0.2, 0.25) is 0 Å². The summed E-state index contributed by atoms with van der Waals surface area (Å²) in [6, 6.07) is 8.25. The Kier molecular flexibility index (Phi) is 4.30. The van der Waals surface area contributed by atoms with Crippen molar-refractivity contribution < 1.29 is 27.5 Å². The lowest BCUT2D eigenvalue weighted by Gasteiger charge is -2.11. The highest BCUT2D eigenvalue weighted by atomic mass is 19.4. The molecule has 6 heteroatoms. The molecule has 0 aliphatic heterocycles. The van der Waals surface area contributed by atoms with Crippen molar-refractivity contribution in [3.05, 3.63) is 65.5 Å². The molecule has 0 aliphatic rings. The minimum Gasteiger partial charge on any atom is -0.478 e. The largest absolute Gasteiger partial charge is 0.478 e. The van der Waals surface area contributed by atoms with Crippen molar-refractivity contribution in [3.8, 4) is 11.1 Å². The molecule has 0 aromatic heterocycles. The molecule has 0 saturated carbocycles. The molecule has 114 valence electrons. The Balaban J connectivity index is 2.58. The summed E-state index contributed by atoms with van der Waals surface area (Å²) in [4.78, 5) is 10.5. The van der Waals surface area contributed by atoms with Crippen LogP contribution >= 0.6 is 0 Å². The Morgan fingerprint density at radius 3 is 2.36 bits per heavy atom.